The summed E-state index contributed by atoms with van der Waals surface area (Å²) < 4.78 is 0. The van der Waals surface area contributed by atoms with Crippen molar-refractivity contribution in [1.82, 2.24) is 9.88 Å². The van der Waals surface area contributed by atoms with E-state index < -0.39 is 11.4 Å². The van der Waals surface area contributed by atoms with E-state index in [1.165, 1.54) is 16.9 Å². The third kappa shape index (κ3) is 3.48. The Kier molecular flexibility index (Phi) is 4.66. The molecule has 0 spiro atoms. The van der Waals surface area contributed by atoms with Crippen LogP contribution in [0.1, 0.15) is 34.4 Å². The summed E-state index contributed by atoms with van der Waals surface area (Å²) in [5.41, 5.74) is 0.831. The van der Waals surface area contributed by atoms with E-state index in [1.54, 1.807) is 17.2 Å². The van der Waals surface area contributed by atoms with Crippen molar-refractivity contribution in [2.75, 3.05) is 13.1 Å². The predicted molar refractivity (Wildman–Crippen MR) is 92.2 cm³/mol. The fourth-order valence-corrected chi connectivity index (χ4v) is 3.66. The van der Waals surface area contributed by atoms with Crippen molar-refractivity contribution in [3.05, 3.63) is 52.0 Å². The number of aliphatic carboxylic acids is 1. The van der Waals surface area contributed by atoms with Crippen LogP contribution in [0.5, 0.6) is 0 Å². The van der Waals surface area contributed by atoms with E-state index in [2.05, 4.69) is 17.1 Å². The second-order valence-corrected chi connectivity index (χ2v) is 7.40. The van der Waals surface area contributed by atoms with Crippen molar-refractivity contribution >= 4 is 23.2 Å². The van der Waals surface area contributed by atoms with Gasteiger partial charge in [0, 0.05) is 24.9 Å². The van der Waals surface area contributed by atoms with Crippen LogP contribution in [-0.4, -0.2) is 40.0 Å². The highest BCUT2D eigenvalue weighted by atomic mass is 32.1. The first-order valence-electron chi connectivity index (χ1n) is 7.99. The highest BCUT2D eigenvalue weighted by Gasteiger charge is 2.42. The third-order valence-electron chi connectivity index (χ3n) is 4.52. The van der Waals surface area contributed by atoms with Crippen molar-refractivity contribution in [3.63, 3.8) is 0 Å². The van der Waals surface area contributed by atoms with Crippen LogP contribution in [0.25, 0.3) is 0 Å². The molecular weight excluding hydrogens is 324 g/mol. The number of hydrogen-bond acceptors (Lipinski definition) is 4. The van der Waals surface area contributed by atoms with Gasteiger partial charge in [-0.15, -0.1) is 11.3 Å². The van der Waals surface area contributed by atoms with Gasteiger partial charge in [-0.05, 0) is 25.3 Å². The molecule has 1 saturated heterocycles. The maximum atomic E-state index is 12.5. The number of rotatable bonds is 5. The topological polar surface area (TPSA) is 70.5 Å². The Morgan fingerprint density at radius 1 is 1.29 bits per heavy atom. The minimum atomic E-state index is -0.848. The second-order valence-electron chi connectivity index (χ2n) is 6.45. The van der Waals surface area contributed by atoms with Crippen molar-refractivity contribution in [1.29, 1.82) is 0 Å². The van der Waals surface area contributed by atoms with E-state index in [0.717, 1.165) is 17.8 Å². The highest BCUT2D eigenvalue weighted by molar-refractivity contribution is 7.09. The molecule has 1 aliphatic rings. The zero-order valence-corrected chi connectivity index (χ0v) is 14.4. The Labute approximate surface area is 145 Å². The van der Waals surface area contributed by atoms with Gasteiger partial charge in [-0.2, -0.15) is 0 Å². The van der Waals surface area contributed by atoms with Gasteiger partial charge in [0.25, 0.3) is 5.91 Å². The van der Waals surface area contributed by atoms with Gasteiger partial charge in [0.2, 0.25) is 0 Å². The van der Waals surface area contributed by atoms with Gasteiger partial charge in [-0.25, -0.2) is 4.98 Å². The summed E-state index contributed by atoms with van der Waals surface area (Å²) in [6.45, 7) is 2.41. The van der Waals surface area contributed by atoms with Gasteiger partial charge in [-0.3, -0.25) is 9.59 Å². The summed E-state index contributed by atoms with van der Waals surface area (Å²) in [4.78, 5) is 29.9. The van der Waals surface area contributed by atoms with Gasteiger partial charge in [-0.1, -0.05) is 30.3 Å². The van der Waals surface area contributed by atoms with Crippen LogP contribution in [0.2, 0.25) is 0 Å². The summed E-state index contributed by atoms with van der Waals surface area (Å²) in [5.74, 6) is -1.01. The Hall–Kier alpha value is -2.21. The van der Waals surface area contributed by atoms with Crippen LogP contribution < -0.4 is 0 Å². The van der Waals surface area contributed by atoms with Crippen molar-refractivity contribution < 1.29 is 14.7 Å². The van der Waals surface area contributed by atoms with E-state index in [4.69, 9.17) is 0 Å². The Morgan fingerprint density at radius 3 is 2.71 bits per heavy atom. The van der Waals surface area contributed by atoms with Gasteiger partial charge in [0.15, 0.2) is 0 Å². The first-order chi connectivity index (χ1) is 11.5. The monoisotopic (exact) mass is 344 g/mol. The number of aryl methyl sites for hydroxylation is 2. The summed E-state index contributed by atoms with van der Waals surface area (Å²) >= 11 is 1.49. The van der Waals surface area contributed by atoms with Crippen LogP contribution in [0.3, 0.4) is 0 Å². The molecule has 3 rings (SSSR count). The lowest BCUT2D eigenvalue weighted by Crippen LogP contribution is -2.35. The lowest BCUT2D eigenvalue weighted by atomic mass is 9.90. The smallest absolute Gasteiger partial charge is 0.311 e. The zero-order chi connectivity index (χ0) is 17.2. The van der Waals surface area contributed by atoms with Crippen molar-refractivity contribution in [2.45, 2.75) is 26.2 Å². The van der Waals surface area contributed by atoms with Crippen LogP contribution in [-0.2, 0) is 17.6 Å². The second kappa shape index (κ2) is 6.73. The lowest BCUT2D eigenvalue weighted by molar-refractivity contribution is -0.147. The number of benzene rings is 1. The number of nitrogens with zero attached hydrogens (tertiary/aromatic N) is 2. The number of hydrogen-bond donors (Lipinski definition) is 1. The molecule has 5 nitrogen and oxygen atoms in total. The molecule has 1 fully saturated rings. The van der Waals surface area contributed by atoms with Crippen LogP contribution >= 0.6 is 11.3 Å². The standard InChI is InChI=1S/C18H20N2O3S/c1-18(17(22)23)9-10-20(12-18)16(21)14-11-24-15(19-14)8-7-13-5-3-2-4-6-13/h2-6,11H,7-10,12H2,1H3,(H,22,23)/t18-/m1/s1. The SMILES string of the molecule is C[C@@]1(C(=O)O)CCN(C(=O)c2csc(CCc3ccccc3)n2)C1. The van der Waals surface area contributed by atoms with Crippen LogP contribution in [0.15, 0.2) is 35.7 Å². The summed E-state index contributed by atoms with van der Waals surface area (Å²) in [6, 6.07) is 10.2. The number of likely N-dealkylation sites (tertiary alicyclic amines) is 1. The number of thiazole rings is 1. The number of carboxylic acid groups (broad SMARTS) is 1. The normalized spacial score (nSPS) is 20.3. The molecule has 0 radical (unpaired) electrons. The number of aromatic nitrogens is 1. The minimum absolute atomic E-state index is 0.165. The lowest BCUT2D eigenvalue weighted by Gasteiger charge is -2.19. The molecule has 2 aromatic rings. The molecular formula is C18H20N2O3S. The van der Waals surface area contributed by atoms with E-state index in [-0.39, 0.29) is 12.5 Å². The fraction of sp³-hybridized carbons (Fsp3) is 0.389. The van der Waals surface area contributed by atoms with Crippen molar-refractivity contribution in [2.24, 2.45) is 5.41 Å². The average molecular weight is 344 g/mol. The highest BCUT2D eigenvalue weighted by Crippen LogP contribution is 2.31. The van der Waals surface area contributed by atoms with E-state index in [9.17, 15) is 14.7 Å². The fourth-order valence-electron chi connectivity index (χ4n) is 2.89. The largest absolute Gasteiger partial charge is 0.481 e. The van der Waals surface area contributed by atoms with Gasteiger partial charge < -0.3 is 10.0 Å². The molecule has 1 aliphatic heterocycles. The zero-order valence-electron chi connectivity index (χ0n) is 13.6. The number of amides is 1. The maximum absolute atomic E-state index is 12.5. The van der Waals surface area contributed by atoms with E-state index in [1.807, 2.05) is 18.2 Å². The summed E-state index contributed by atoms with van der Waals surface area (Å²) in [6.07, 6.45) is 2.18. The molecule has 0 bridgehead atoms. The quantitative estimate of drug-likeness (QED) is 0.905. The first kappa shape index (κ1) is 16.6. The van der Waals surface area contributed by atoms with Gasteiger partial charge in [0.1, 0.15) is 5.69 Å². The van der Waals surface area contributed by atoms with Crippen molar-refractivity contribution in [3.8, 4) is 0 Å². The molecule has 24 heavy (non-hydrogen) atoms. The molecule has 1 N–H and O–H groups in total. The molecule has 0 unspecified atom stereocenters. The predicted octanol–water partition coefficient (Wildman–Crippen LogP) is 2.87. The Bertz CT molecular complexity index is 744. The van der Waals surface area contributed by atoms with E-state index >= 15 is 0 Å². The summed E-state index contributed by atoms with van der Waals surface area (Å²) in [7, 11) is 0. The van der Waals surface area contributed by atoms with E-state index in [0.29, 0.717) is 18.7 Å². The minimum Gasteiger partial charge on any atom is -0.481 e. The molecule has 6 heteroatoms. The molecule has 1 atom stereocenters. The Morgan fingerprint density at radius 2 is 2.04 bits per heavy atom. The maximum Gasteiger partial charge on any atom is 0.311 e. The number of carboxylic acids is 1. The molecule has 1 aromatic heterocycles. The number of carbonyl (C=O) groups excluding carboxylic acids is 1. The number of carbonyl (C=O) groups is 2. The molecule has 1 amide bonds. The van der Waals surface area contributed by atoms with Gasteiger partial charge >= 0.3 is 5.97 Å². The van der Waals surface area contributed by atoms with Crippen LogP contribution in [0, 0.1) is 5.41 Å². The van der Waals surface area contributed by atoms with Gasteiger partial charge in [0.05, 0.1) is 10.4 Å². The molecule has 0 saturated carbocycles. The Balaban J connectivity index is 1.61. The molecule has 0 aliphatic carbocycles. The molecule has 126 valence electrons. The molecule has 2 heterocycles. The first-order valence-corrected chi connectivity index (χ1v) is 8.87. The molecule has 1 aromatic carbocycles. The van der Waals surface area contributed by atoms with Crippen LogP contribution in [0.4, 0.5) is 0 Å². The summed E-state index contributed by atoms with van der Waals surface area (Å²) in [5, 5.41) is 12.0. The third-order valence-corrected chi connectivity index (χ3v) is 5.43. The average Bonchev–Trinajstić information content (AvgIpc) is 3.21.